The van der Waals surface area contributed by atoms with Crippen LogP contribution in [0.1, 0.15) is 39.9 Å². The van der Waals surface area contributed by atoms with Crippen molar-refractivity contribution in [3.05, 3.63) is 60.3 Å². The molecule has 10 heteroatoms. The third-order valence-corrected chi connectivity index (χ3v) is 6.26. The predicted octanol–water partition coefficient (Wildman–Crippen LogP) is 2.70. The number of fused-ring (bicyclic) bond motifs is 1. The molecule has 3 N–H and O–H groups in total. The summed E-state index contributed by atoms with van der Waals surface area (Å²) >= 11 is 0. The molecule has 5 rings (SSSR count). The van der Waals surface area contributed by atoms with Crippen molar-refractivity contribution in [1.82, 2.24) is 35.2 Å². The number of anilines is 1. The Labute approximate surface area is 196 Å². The number of amides is 2. The fraction of sp³-hybridized carbons (Fsp3) is 0.292. The van der Waals surface area contributed by atoms with Gasteiger partial charge >= 0.3 is 0 Å². The summed E-state index contributed by atoms with van der Waals surface area (Å²) in [4.78, 5) is 31.0. The highest BCUT2D eigenvalue weighted by atomic mass is 16.2. The summed E-state index contributed by atoms with van der Waals surface area (Å²) in [6, 6.07) is 9.47. The Morgan fingerprint density at radius 3 is 2.62 bits per heavy atom. The Morgan fingerprint density at radius 1 is 1.06 bits per heavy atom. The van der Waals surface area contributed by atoms with Crippen LogP contribution in [0.3, 0.4) is 0 Å². The van der Waals surface area contributed by atoms with Crippen LogP contribution in [0.4, 0.5) is 5.69 Å². The number of carbonyl (C=O) groups is 2. The fourth-order valence-corrected chi connectivity index (χ4v) is 4.23. The van der Waals surface area contributed by atoms with E-state index in [4.69, 9.17) is 0 Å². The number of rotatable bonds is 5. The highest BCUT2D eigenvalue weighted by Crippen LogP contribution is 2.28. The van der Waals surface area contributed by atoms with Crippen LogP contribution in [-0.2, 0) is 0 Å². The standard InChI is InChI=1S/C24H26N8O2/c1-25-23(33)21-6-4-17(13-26-21)28-24(34)22-19-11-15(3-5-20(19)29-30-22)16-12-27-32(14-16)18-7-9-31(2)10-8-18/h3-6,11-14,18H,7-10H2,1-2H3,(H,25,33)(H,28,34)(H,29,30). The van der Waals surface area contributed by atoms with Crippen molar-refractivity contribution in [1.29, 1.82) is 0 Å². The molecule has 10 nitrogen and oxygen atoms in total. The number of likely N-dealkylation sites (tertiary alicyclic amines) is 1. The largest absolute Gasteiger partial charge is 0.354 e. The van der Waals surface area contributed by atoms with E-state index in [0.717, 1.165) is 48.0 Å². The number of aromatic nitrogens is 5. The second-order valence-electron chi connectivity index (χ2n) is 8.54. The van der Waals surface area contributed by atoms with Gasteiger partial charge in [-0.05, 0) is 62.8 Å². The molecule has 1 aromatic carbocycles. The SMILES string of the molecule is CNC(=O)c1ccc(NC(=O)c2n[nH]c3ccc(-c4cnn(C5CCN(C)CC5)c4)cc23)cn1. The van der Waals surface area contributed by atoms with Gasteiger partial charge in [0.2, 0.25) is 0 Å². The zero-order valence-corrected chi connectivity index (χ0v) is 19.1. The van der Waals surface area contributed by atoms with E-state index in [-0.39, 0.29) is 23.2 Å². The van der Waals surface area contributed by atoms with Gasteiger partial charge in [0.05, 0.1) is 29.6 Å². The molecule has 0 saturated carbocycles. The predicted molar refractivity (Wildman–Crippen MR) is 129 cm³/mol. The molecule has 34 heavy (non-hydrogen) atoms. The Balaban J connectivity index is 1.36. The van der Waals surface area contributed by atoms with Gasteiger partial charge in [-0.15, -0.1) is 0 Å². The molecule has 0 spiro atoms. The molecule has 1 aliphatic rings. The van der Waals surface area contributed by atoms with E-state index in [9.17, 15) is 9.59 Å². The summed E-state index contributed by atoms with van der Waals surface area (Å²) < 4.78 is 2.06. The Morgan fingerprint density at radius 2 is 1.88 bits per heavy atom. The van der Waals surface area contributed by atoms with Crippen molar-refractivity contribution >= 4 is 28.4 Å². The molecule has 0 unspecified atom stereocenters. The molecule has 0 atom stereocenters. The highest BCUT2D eigenvalue weighted by Gasteiger charge is 2.20. The van der Waals surface area contributed by atoms with Gasteiger partial charge in [-0.3, -0.25) is 19.4 Å². The smallest absolute Gasteiger partial charge is 0.276 e. The first kappa shape index (κ1) is 21.8. The monoisotopic (exact) mass is 458 g/mol. The molecule has 1 fully saturated rings. The van der Waals surface area contributed by atoms with Crippen molar-refractivity contribution in [2.75, 3.05) is 32.5 Å². The first-order valence-corrected chi connectivity index (χ1v) is 11.2. The van der Waals surface area contributed by atoms with Crippen molar-refractivity contribution < 1.29 is 9.59 Å². The van der Waals surface area contributed by atoms with E-state index in [1.165, 1.54) is 13.2 Å². The third kappa shape index (κ3) is 4.27. The molecule has 174 valence electrons. The summed E-state index contributed by atoms with van der Waals surface area (Å²) in [5.74, 6) is -0.650. The number of H-pyrrole nitrogens is 1. The van der Waals surface area contributed by atoms with E-state index in [1.807, 2.05) is 24.4 Å². The highest BCUT2D eigenvalue weighted by molar-refractivity contribution is 6.11. The van der Waals surface area contributed by atoms with Crippen LogP contribution >= 0.6 is 0 Å². The molecule has 3 aromatic heterocycles. The van der Waals surface area contributed by atoms with Gasteiger partial charge in [-0.25, -0.2) is 4.98 Å². The van der Waals surface area contributed by atoms with Crippen molar-refractivity contribution in [2.45, 2.75) is 18.9 Å². The number of piperidine rings is 1. The van der Waals surface area contributed by atoms with Crippen molar-refractivity contribution in [3.8, 4) is 11.1 Å². The molecule has 4 aromatic rings. The fourth-order valence-electron chi connectivity index (χ4n) is 4.23. The van der Waals surface area contributed by atoms with Crippen LogP contribution in [0, 0.1) is 0 Å². The summed E-state index contributed by atoms with van der Waals surface area (Å²) in [6.07, 6.45) is 7.57. The van der Waals surface area contributed by atoms with Crippen LogP contribution in [0.5, 0.6) is 0 Å². The van der Waals surface area contributed by atoms with Crippen molar-refractivity contribution in [2.24, 2.45) is 0 Å². The van der Waals surface area contributed by atoms with E-state index in [0.29, 0.717) is 11.7 Å². The lowest BCUT2D eigenvalue weighted by Crippen LogP contribution is -2.31. The molecule has 1 aliphatic heterocycles. The minimum atomic E-state index is -0.361. The van der Waals surface area contributed by atoms with Gasteiger partial charge in [-0.1, -0.05) is 6.07 Å². The number of benzene rings is 1. The van der Waals surface area contributed by atoms with Gasteiger partial charge in [0.15, 0.2) is 5.69 Å². The van der Waals surface area contributed by atoms with E-state index in [2.05, 4.69) is 53.7 Å². The summed E-state index contributed by atoms with van der Waals surface area (Å²) in [5, 5.41) is 17.8. The number of hydrogen-bond acceptors (Lipinski definition) is 6. The quantitative estimate of drug-likeness (QED) is 0.423. The molecule has 4 heterocycles. The Hall–Kier alpha value is -4.05. The van der Waals surface area contributed by atoms with Gasteiger partial charge < -0.3 is 15.5 Å². The van der Waals surface area contributed by atoms with Crippen LogP contribution in [-0.4, -0.2) is 68.9 Å². The first-order valence-electron chi connectivity index (χ1n) is 11.2. The lowest BCUT2D eigenvalue weighted by atomic mass is 10.0. The van der Waals surface area contributed by atoms with E-state index >= 15 is 0 Å². The Kier molecular flexibility index (Phi) is 5.81. The Bertz CT molecular complexity index is 1330. The minimum Gasteiger partial charge on any atom is -0.354 e. The maximum atomic E-state index is 12.9. The van der Waals surface area contributed by atoms with Crippen LogP contribution in [0.2, 0.25) is 0 Å². The molecule has 0 radical (unpaired) electrons. The van der Waals surface area contributed by atoms with Crippen LogP contribution in [0.25, 0.3) is 22.0 Å². The van der Waals surface area contributed by atoms with E-state index < -0.39 is 0 Å². The summed E-state index contributed by atoms with van der Waals surface area (Å²) in [6.45, 7) is 2.15. The van der Waals surface area contributed by atoms with Crippen molar-refractivity contribution in [3.63, 3.8) is 0 Å². The zero-order valence-electron chi connectivity index (χ0n) is 19.1. The molecular formula is C24H26N8O2. The zero-order chi connectivity index (χ0) is 23.7. The number of pyridine rings is 1. The van der Waals surface area contributed by atoms with Gasteiger partial charge in [-0.2, -0.15) is 10.2 Å². The minimum absolute atomic E-state index is 0.274. The number of nitrogens with one attached hydrogen (secondary N) is 3. The second kappa shape index (κ2) is 9.06. The summed E-state index contributed by atoms with van der Waals surface area (Å²) in [5.41, 5.74) is 3.78. The molecule has 0 bridgehead atoms. The maximum Gasteiger partial charge on any atom is 0.276 e. The molecular weight excluding hydrogens is 432 g/mol. The number of nitrogens with zero attached hydrogens (tertiary/aromatic N) is 5. The second-order valence-corrected chi connectivity index (χ2v) is 8.54. The number of aromatic amines is 1. The van der Waals surface area contributed by atoms with Gasteiger partial charge in [0.1, 0.15) is 5.69 Å². The van der Waals surface area contributed by atoms with E-state index in [1.54, 1.807) is 12.1 Å². The maximum absolute atomic E-state index is 12.9. The average molecular weight is 459 g/mol. The number of hydrogen-bond donors (Lipinski definition) is 3. The molecule has 2 amide bonds. The van der Waals surface area contributed by atoms with Gasteiger partial charge in [0, 0.05) is 24.2 Å². The lowest BCUT2D eigenvalue weighted by Gasteiger charge is -2.28. The van der Waals surface area contributed by atoms with Crippen LogP contribution < -0.4 is 10.6 Å². The van der Waals surface area contributed by atoms with Crippen LogP contribution in [0.15, 0.2) is 48.9 Å². The summed E-state index contributed by atoms with van der Waals surface area (Å²) in [7, 11) is 3.69. The first-order chi connectivity index (χ1) is 16.5. The van der Waals surface area contributed by atoms with Gasteiger partial charge in [0.25, 0.3) is 11.8 Å². The normalized spacial score (nSPS) is 14.9. The molecule has 1 saturated heterocycles. The number of carbonyl (C=O) groups excluding carboxylic acids is 2. The third-order valence-electron chi connectivity index (χ3n) is 6.26. The molecule has 0 aliphatic carbocycles. The lowest BCUT2D eigenvalue weighted by molar-refractivity contribution is 0.0957. The average Bonchev–Trinajstić information content (AvgIpc) is 3.52. The topological polar surface area (TPSA) is 121 Å².